The number of ether oxygens (including phenoxy) is 1. The number of thioether (sulfide) groups is 1. The summed E-state index contributed by atoms with van der Waals surface area (Å²) in [5, 5.41) is 0. The number of amides is 2. The zero-order valence-corrected chi connectivity index (χ0v) is 17.5. The fourth-order valence-corrected chi connectivity index (χ4v) is 4.60. The smallest absolute Gasteiger partial charge is 0.267 e. The monoisotopic (exact) mass is 404 g/mol. The van der Waals surface area contributed by atoms with Gasteiger partial charge in [0, 0.05) is 32.4 Å². The minimum absolute atomic E-state index is 0.103. The summed E-state index contributed by atoms with van der Waals surface area (Å²) in [5.41, 5.74) is 2.19. The van der Waals surface area contributed by atoms with Crippen molar-refractivity contribution in [1.82, 2.24) is 4.90 Å². The van der Waals surface area contributed by atoms with E-state index in [2.05, 4.69) is 13.8 Å². The molecule has 0 spiro atoms. The Morgan fingerprint density at radius 2 is 1.85 bits per heavy atom. The number of hydrogen-bond donors (Lipinski definition) is 0. The number of methoxy groups -OCH3 is 1. The van der Waals surface area contributed by atoms with E-state index in [0.29, 0.717) is 46.8 Å². The SMILES string of the molecule is COCCCN1C(=O)C(=C2C(=O)N(CCC(C)C)c3ccccc32)SC1=S. The second kappa shape index (κ2) is 8.54. The first-order valence-electron chi connectivity index (χ1n) is 9.13. The predicted molar refractivity (Wildman–Crippen MR) is 114 cm³/mol. The lowest BCUT2D eigenvalue weighted by Crippen LogP contribution is -2.31. The van der Waals surface area contributed by atoms with Gasteiger partial charge >= 0.3 is 0 Å². The third kappa shape index (κ3) is 3.95. The van der Waals surface area contributed by atoms with Gasteiger partial charge in [-0.15, -0.1) is 0 Å². The molecule has 0 atom stereocenters. The molecule has 0 unspecified atom stereocenters. The first kappa shape index (κ1) is 20.0. The van der Waals surface area contributed by atoms with Crippen LogP contribution in [0.4, 0.5) is 5.69 Å². The zero-order chi connectivity index (χ0) is 19.6. The normalized spacial score (nSPS) is 19.6. The standard InChI is InChI=1S/C20H24N2O3S2/c1-13(2)9-11-21-15-8-5-4-7-14(15)16(18(21)23)17-19(24)22(20(26)27-17)10-6-12-25-3/h4-5,7-8,13H,6,9-12H2,1-3H3. The Morgan fingerprint density at radius 1 is 1.11 bits per heavy atom. The topological polar surface area (TPSA) is 49.9 Å². The third-order valence-electron chi connectivity index (χ3n) is 4.66. The number of fused-ring (bicyclic) bond motifs is 1. The van der Waals surface area contributed by atoms with Crippen LogP contribution >= 0.6 is 24.0 Å². The van der Waals surface area contributed by atoms with E-state index in [9.17, 15) is 9.59 Å². The van der Waals surface area contributed by atoms with E-state index in [1.165, 1.54) is 11.8 Å². The second-order valence-corrected chi connectivity index (χ2v) is 8.68. The van der Waals surface area contributed by atoms with Crippen LogP contribution in [0.15, 0.2) is 29.2 Å². The predicted octanol–water partition coefficient (Wildman–Crippen LogP) is 3.69. The summed E-state index contributed by atoms with van der Waals surface area (Å²) < 4.78 is 5.57. The van der Waals surface area contributed by atoms with E-state index in [1.807, 2.05) is 24.3 Å². The van der Waals surface area contributed by atoms with Gasteiger partial charge < -0.3 is 9.64 Å². The fourth-order valence-electron chi connectivity index (χ4n) is 3.22. The lowest BCUT2D eigenvalue weighted by molar-refractivity contribution is -0.122. The van der Waals surface area contributed by atoms with Crippen molar-refractivity contribution in [3.8, 4) is 0 Å². The van der Waals surface area contributed by atoms with Crippen molar-refractivity contribution >= 4 is 51.4 Å². The quantitative estimate of drug-likeness (QED) is 0.394. The van der Waals surface area contributed by atoms with Crippen molar-refractivity contribution in [3.05, 3.63) is 34.7 Å². The molecule has 0 aromatic heterocycles. The van der Waals surface area contributed by atoms with Gasteiger partial charge in [0.05, 0.1) is 16.2 Å². The molecular weight excluding hydrogens is 380 g/mol. The molecule has 7 heteroatoms. The van der Waals surface area contributed by atoms with E-state index < -0.39 is 0 Å². The molecule has 0 bridgehead atoms. The number of nitrogens with zero attached hydrogens (tertiary/aromatic N) is 2. The van der Waals surface area contributed by atoms with Gasteiger partial charge in [-0.2, -0.15) is 0 Å². The Balaban J connectivity index is 1.94. The molecule has 2 heterocycles. The van der Waals surface area contributed by atoms with Crippen LogP contribution in [0.5, 0.6) is 0 Å². The van der Waals surface area contributed by atoms with E-state index >= 15 is 0 Å². The van der Waals surface area contributed by atoms with Crippen molar-refractivity contribution in [2.45, 2.75) is 26.7 Å². The van der Waals surface area contributed by atoms with E-state index in [0.717, 1.165) is 17.7 Å². The number of carbonyl (C=O) groups excluding carboxylic acids is 2. The number of para-hydroxylation sites is 1. The van der Waals surface area contributed by atoms with Gasteiger partial charge in [-0.05, 0) is 24.8 Å². The number of benzene rings is 1. The van der Waals surface area contributed by atoms with Crippen molar-refractivity contribution < 1.29 is 14.3 Å². The molecule has 0 radical (unpaired) electrons. The molecule has 1 fully saturated rings. The molecule has 27 heavy (non-hydrogen) atoms. The molecule has 2 aliphatic heterocycles. The zero-order valence-electron chi connectivity index (χ0n) is 15.9. The molecule has 0 saturated carbocycles. The molecule has 0 aliphatic carbocycles. The van der Waals surface area contributed by atoms with E-state index in [4.69, 9.17) is 17.0 Å². The highest BCUT2D eigenvalue weighted by Gasteiger charge is 2.41. The number of carbonyl (C=O) groups is 2. The van der Waals surface area contributed by atoms with Gasteiger partial charge in [0.25, 0.3) is 11.8 Å². The molecule has 144 valence electrons. The maximum absolute atomic E-state index is 13.2. The van der Waals surface area contributed by atoms with Crippen molar-refractivity contribution in [2.24, 2.45) is 5.92 Å². The number of rotatable bonds is 7. The minimum atomic E-state index is -0.176. The molecule has 2 amide bonds. The second-order valence-electron chi connectivity index (χ2n) is 7.03. The Kier molecular flexibility index (Phi) is 6.34. The number of anilines is 1. The van der Waals surface area contributed by atoms with Crippen molar-refractivity contribution in [2.75, 3.05) is 31.7 Å². The minimum Gasteiger partial charge on any atom is -0.385 e. The Hall–Kier alpha value is -1.70. The van der Waals surface area contributed by atoms with Crippen LogP contribution in [-0.2, 0) is 14.3 Å². The summed E-state index contributed by atoms with van der Waals surface area (Å²) in [6, 6.07) is 7.68. The summed E-state index contributed by atoms with van der Waals surface area (Å²) in [6.07, 6.45) is 1.61. The molecule has 2 aliphatic rings. The van der Waals surface area contributed by atoms with E-state index in [1.54, 1.807) is 16.9 Å². The van der Waals surface area contributed by atoms with Gasteiger partial charge in [0.2, 0.25) is 0 Å². The summed E-state index contributed by atoms with van der Waals surface area (Å²) in [4.78, 5) is 30.0. The van der Waals surface area contributed by atoms with Crippen molar-refractivity contribution in [3.63, 3.8) is 0 Å². The molecule has 3 rings (SSSR count). The molecule has 0 N–H and O–H groups in total. The van der Waals surface area contributed by atoms with Gasteiger partial charge in [-0.25, -0.2) is 0 Å². The maximum atomic E-state index is 13.2. The van der Waals surface area contributed by atoms with E-state index in [-0.39, 0.29) is 11.8 Å². The van der Waals surface area contributed by atoms with Crippen LogP contribution in [0.1, 0.15) is 32.3 Å². The van der Waals surface area contributed by atoms with Crippen LogP contribution in [-0.4, -0.2) is 47.8 Å². The summed E-state index contributed by atoms with van der Waals surface area (Å²) in [6.45, 7) is 5.98. The molecule has 1 saturated heterocycles. The summed E-state index contributed by atoms with van der Waals surface area (Å²) in [5.74, 6) is 0.215. The highest BCUT2D eigenvalue weighted by molar-refractivity contribution is 8.26. The lowest BCUT2D eigenvalue weighted by Gasteiger charge is -2.18. The average molecular weight is 405 g/mol. The van der Waals surface area contributed by atoms with Crippen LogP contribution in [0.3, 0.4) is 0 Å². The molecule has 5 nitrogen and oxygen atoms in total. The molecule has 1 aromatic carbocycles. The van der Waals surface area contributed by atoms with Gasteiger partial charge in [0.15, 0.2) is 0 Å². The highest BCUT2D eigenvalue weighted by atomic mass is 32.2. The van der Waals surface area contributed by atoms with Crippen LogP contribution in [0.25, 0.3) is 5.57 Å². The maximum Gasteiger partial charge on any atom is 0.267 e. The third-order valence-corrected chi connectivity index (χ3v) is 6.11. The number of thiocarbonyl (C=S) groups is 1. The highest BCUT2D eigenvalue weighted by Crippen LogP contribution is 2.44. The fraction of sp³-hybridized carbons (Fsp3) is 0.450. The largest absolute Gasteiger partial charge is 0.385 e. The Bertz CT molecular complexity index is 804. The first-order chi connectivity index (χ1) is 13.0. The van der Waals surface area contributed by atoms with Gasteiger partial charge in [-0.3, -0.25) is 14.5 Å². The Morgan fingerprint density at radius 3 is 2.56 bits per heavy atom. The van der Waals surface area contributed by atoms with Crippen molar-refractivity contribution in [1.29, 1.82) is 0 Å². The lowest BCUT2D eigenvalue weighted by atomic mass is 10.1. The van der Waals surface area contributed by atoms with Crippen LogP contribution in [0, 0.1) is 5.92 Å². The molecule has 1 aromatic rings. The van der Waals surface area contributed by atoms with Gasteiger partial charge in [-0.1, -0.05) is 56.0 Å². The Labute approximate surface area is 169 Å². The van der Waals surface area contributed by atoms with Crippen LogP contribution in [0.2, 0.25) is 0 Å². The summed E-state index contributed by atoms with van der Waals surface area (Å²) >= 11 is 6.63. The number of hydrogen-bond acceptors (Lipinski definition) is 5. The average Bonchev–Trinajstić information content (AvgIpc) is 3.07. The van der Waals surface area contributed by atoms with Gasteiger partial charge in [0.1, 0.15) is 4.32 Å². The van der Waals surface area contributed by atoms with Crippen LogP contribution < -0.4 is 4.90 Å². The first-order valence-corrected chi connectivity index (χ1v) is 10.4. The summed E-state index contributed by atoms with van der Waals surface area (Å²) in [7, 11) is 1.63. The molecular formula is C20H24N2O3S2.